The summed E-state index contributed by atoms with van der Waals surface area (Å²) in [4.78, 5) is 37.8. The Morgan fingerprint density at radius 1 is 1.15 bits per heavy atom. The predicted octanol–water partition coefficient (Wildman–Crippen LogP) is 2.49. The molecule has 3 rings (SSSR count). The van der Waals surface area contributed by atoms with E-state index in [0.29, 0.717) is 25.9 Å². The molecule has 2 saturated heterocycles. The van der Waals surface area contributed by atoms with Gasteiger partial charge in [0.15, 0.2) is 12.6 Å². The molecule has 1 atom stereocenters. The van der Waals surface area contributed by atoms with Crippen molar-refractivity contribution in [2.45, 2.75) is 38.1 Å². The Hall–Kier alpha value is -1.32. The first-order valence-corrected chi connectivity index (χ1v) is 9.71. The van der Waals surface area contributed by atoms with Crippen molar-refractivity contribution in [1.29, 1.82) is 0 Å². The van der Waals surface area contributed by atoms with Crippen LogP contribution in [0.15, 0.2) is 16.6 Å². The molecule has 1 aromatic rings. The maximum atomic E-state index is 13.6. The van der Waals surface area contributed by atoms with Crippen LogP contribution in [0, 0.1) is 13.8 Å². The number of carbonyl (C=O) groups excluding carboxylic acids is 2. The maximum Gasteiger partial charge on any atom is 0.262 e. The van der Waals surface area contributed by atoms with Gasteiger partial charge < -0.3 is 9.57 Å². The number of halogens is 1. The van der Waals surface area contributed by atoms with Gasteiger partial charge in [0.25, 0.3) is 5.91 Å². The van der Waals surface area contributed by atoms with Crippen molar-refractivity contribution in [2.24, 2.45) is 0 Å². The van der Waals surface area contributed by atoms with Crippen molar-refractivity contribution in [3.8, 4) is 0 Å². The maximum absolute atomic E-state index is 13.6. The largest absolute Gasteiger partial charge is 0.356 e. The number of carbonyl (C=O) groups is 2. The molecule has 1 spiro atoms. The van der Waals surface area contributed by atoms with E-state index in [9.17, 15) is 9.59 Å². The number of hydrogen-bond donors (Lipinski definition) is 0. The second-order valence-corrected chi connectivity index (χ2v) is 7.98. The molecule has 8 heteroatoms. The zero-order chi connectivity index (χ0) is 19.8. The highest BCUT2D eigenvalue weighted by molar-refractivity contribution is 9.10. The molecule has 0 aliphatic carbocycles. The Balaban J connectivity index is 2.03. The highest BCUT2D eigenvalue weighted by atomic mass is 79.9. The van der Waals surface area contributed by atoms with E-state index in [1.54, 1.807) is 12.2 Å². The lowest BCUT2D eigenvalue weighted by atomic mass is 9.79. The smallest absolute Gasteiger partial charge is 0.262 e. The molecule has 148 valence electrons. The average Bonchev–Trinajstić information content (AvgIpc) is 2.82. The van der Waals surface area contributed by atoms with Crippen LogP contribution in [0.1, 0.15) is 35.4 Å². The van der Waals surface area contributed by atoms with Crippen LogP contribution in [-0.2, 0) is 24.0 Å². The average molecular weight is 441 g/mol. The molecule has 0 radical (unpaired) electrons. The number of Topliss-reactive ketones (excluding diaryl/α,β-unsaturated/α-hetero) is 1. The number of piperidine rings is 1. The van der Waals surface area contributed by atoms with Crippen molar-refractivity contribution in [1.82, 2.24) is 10.1 Å². The summed E-state index contributed by atoms with van der Waals surface area (Å²) in [5, 5.41) is 3.07. The zero-order valence-corrected chi connectivity index (χ0v) is 17.7. The molecule has 1 amide bonds. The van der Waals surface area contributed by atoms with Crippen molar-refractivity contribution >= 4 is 27.6 Å². The van der Waals surface area contributed by atoms with Crippen LogP contribution in [-0.4, -0.2) is 61.5 Å². The normalized spacial score (nSPS) is 22.9. The fraction of sp³-hybridized carbons (Fsp3) is 0.579. The number of methoxy groups -OCH3 is 1. The Morgan fingerprint density at radius 2 is 1.74 bits per heavy atom. The molecule has 0 bridgehead atoms. The minimum absolute atomic E-state index is 0.0835. The summed E-state index contributed by atoms with van der Waals surface area (Å²) < 4.78 is 5.92. The molecular weight excluding hydrogens is 416 g/mol. The van der Waals surface area contributed by atoms with Gasteiger partial charge in [-0.3, -0.25) is 9.59 Å². The summed E-state index contributed by atoms with van der Waals surface area (Å²) in [6.07, 6.45) is 0.917. The third kappa shape index (κ3) is 3.45. The van der Waals surface area contributed by atoms with E-state index >= 15 is 0 Å². The lowest BCUT2D eigenvalue weighted by Crippen LogP contribution is -2.56. The lowest BCUT2D eigenvalue weighted by Gasteiger charge is -2.41. The van der Waals surface area contributed by atoms with Crippen molar-refractivity contribution < 1.29 is 24.0 Å². The second kappa shape index (κ2) is 7.97. The molecular formula is C19H25BrN2O5. The van der Waals surface area contributed by atoms with Gasteiger partial charge in [-0.05, 0) is 55.5 Å². The predicted molar refractivity (Wildman–Crippen MR) is 102 cm³/mol. The van der Waals surface area contributed by atoms with Crippen LogP contribution in [0.25, 0.3) is 0 Å². The van der Waals surface area contributed by atoms with Crippen molar-refractivity contribution in [2.75, 3.05) is 34.1 Å². The van der Waals surface area contributed by atoms with E-state index in [-0.39, 0.29) is 18.5 Å². The number of hydroxylamine groups is 4. The molecule has 1 unspecified atom stereocenters. The Kier molecular flexibility index (Phi) is 6.02. The van der Waals surface area contributed by atoms with Gasteiger partial charge in [0.05, 0.1) is 7.11 Å². The highest BCUT2D eigenvalue weighted by Gasteiger charge is 2.61. The Morgan fingerprint density at radius 3 is 2.26 bits per heavy atom. The van der Waals surface area contributed by atoms with E-state index in [1.165, 1.54) is 12.2 Å². The first-order valence-electron chi connectivity index (χ1n) is 8.91. The molecule has 27 heavy (non-hydrogen) atoms. The number of ketones is 1. The highest BCUT2D eigenvalue weighted by Crippen LogP contribution is 2.45. The van der Waals surface area contributed by atoms with E-state index in [0.717, 1.165) is 21.2 Å². The number of nitrogens with zero attached hydrogens (tertiary/aromatic N) is 2. The number of ether oxygens (including phenoxy) is 1. The molecule has 0 aromatic heterocycles. The molecule has 7 nitrogen and oxygen atoms in total. The summed E-state index contributed by atoms with van der Waals surface area (Å²) in [5.41, 5.74) is 1.60. The molecule has 2 heterocycles. The standard InChI is InChI=1S/C19H25BrN2O5/c1-12-9-14(20)10-13(2)15(12)16-17(23)19(5-7-21(26-4)8-6-19)22(18(16)24)27-11-25-3/h9-10,16H,5-8,11H2,1-4H3. The van der Waals surface area contributed by atoms with E-state index in [1.807, 2.05) is 26.0 Å². The van der Waals surface area contributed by atoms with Gasteiger partial charge in [-0.2, -0.15) is 5.06 Å². The van der Waals surface area contributed by atoms with Gasteiger partial charge in [-0.1, -0.05) is 15.9 Å². The minimum Gasteiger partial charge on any atom is -0.356 e. The third-order valence-electron chi connectivity index (χ3n) is 5.51. The van der Waals surface area contributed by atoms with Crippen molar-refractivity contribution in [3.05, 3.63) is 33.3 Å². The van der Waals surface area contributed by atoms with Crippen LogP contribution < -0.4 is 0 Å². The number of benzene rings is 1. The monoisotopic (exact) mass is 440 g/mol. The summed E-state index contributed by atoms with van der Waals surface area (Å²) >= 11 is 3.48. The first-order chi connectivity index (χ1) is 12.9. The summed E-state index contributed by atoms with van der Waals surface area (Å²) in [6, 6.07) is 3.86. The van der Waals surface area contributed by atoms with E-state index in [4.69, 9.17) is 14.4 Å². The number of hydrogen-bond acceptors (Lipinski definition) is 6. The SMILES string of the molecule is COCON1C(=O)C(c2c(C)cc(Br)cc2C)C(=O)C12CCN(OC)CC2. The zero-order valence-electron chi connectivity index (χ0n) is 16.1. The van der Waals surface area contributed by atoms with E-state index < -0.39 is 11.5 Å². The van der Waals surface area contributed by atoms with Gasteiger partial charge in [0, 0.05) is 24.7 Å². The van der Waals surface area contributed by atoms with Crippen LogP contribution in [0.2, 0.25) is 0 Å². The minimum atomic E-state index is -0.985. The second-order valence-electron chi connectivity index (χ2n) is 7.06. The van der Waals surface area contributed by atoms with Crippen LogP contribution in [0.5, 0.6) is 0 Å². The van der Waals surface area contributed by atoms with E-state index in [2.05, 4.69) is 15.9 Å². The summed E-state index contributed by atoms with van der Waals surface area (Å²) in [7, 11) is 3.10. The number of rotatable bonds is 5. The van der Waals surface area contributed by atoms with Gasteiger partial charge in [-0.15, -0.1) is 0 Å². The van der Waals surface area contributed by atoms with Crippen molar-refractivity contribution in [3.63, 3.8) is 0 Å². The van der Waals surface area contributed by atoms with Gasteiger partial charge in [0.1, 0.15) is 11.5 Å². The van der Waals surface area contributed by atoms with Crippen LogP contribution in [0.3, 0.4) is 0 Å². The molecule has 0 N–H and O–H groups in total. The summed E-state index contributed by atoms with van der Waals surface area (Å²) in [5.74, 6) is -1.28. The van der Waals surface area contributed by atoms with Gasteiger partial charge in [0.2, 0.25) is 0 Å². The topological polar surface area (TPSA) is 68.3 Å². The van der Waals surface area contributed by atoms with Crippen LogP contribution >= 0.6 is 15.9 Å². The quantitative estimate of drug-likeness (QED) is 0.517. The molecule has 2 aliphatic rings. The number of aryl methyl sites for hydroxylation is 2. The molecule has 1 aromatic carbocycles. The molecule has 0 saturated carbocycles. The first kappa shape index (κ1) is 20.4. The third-order valence-corrected chi connectivity index (χ3v) is 5.97. The molecule has 2 fully saturated rings. The number of amides is 1. The molecule has 2 aliphatic heterocycles. The van der Waals surface area contributed by atoms with Crippen LogP contribution in [0.4, 0.5) is 0 Å². The Labute approximate surface area is 167 Å². The fourth-order valence-corrected chi connectivity index (χ4v) is 4.91. The van der Waals surface area contributed by atoms with Gasteiger partial charge in [-0.25, -0.2) is 9.90 Å². The lowest BCUT2D eigenvalue weighted by molar-refractivity contribution is -0.256. The fourth-order valence-electron chi connectivity index (χ4n) is 4.22. The summed E-state index contributed by atoms with van der Waals surface area (Å²) in [6.45, 7) is 4.86. The van der Waals surface area contributed by atoms with Gasteiger partial charge >= 0.3 is 0 Å². The Bertz CT molecular complexity index is 723.